The second-order valence-electron chi connectivity index (χ2n) is 12.3. The molecule has 0 atom stereocenters. The molecule has 6 nitrogen and oxygen atoms in total. The van der Waals surface area contributed by atoms with E-state index in [4.69, 9.17) is 24.4 Å². The zero-order chi connectivity index (χ0) is 33.0. The molecule has 10 rings (SSSR count). The molecular weight excluding hydrogens is 615 g/mol. The van der Waals surface area contributed by atoms with E-state index in [2.05, 4.69) is 83.4 Å². The minimum absolute atomic E-state index is 0.526. The van der Waals surface area contributed by atoms with Gasteiger partial charge in [-0.15, -0.1) is 0 Å². The average Bonchev–Trinajstić information content (AvgIpc) is 3.73. The van der Waals surface area contributed by atoms with Gasteiger partial charge in [-0.25, -0.2) is 15.0 Å². The van der Waals surface area contributed by atoms with Gasteiger partial charge in [-0.1, -0.05) is 109 Å². The SMILES string of the molecule is c1ccc(-c2nc(-c3ccccc3)nc(-c3ccc(-n4c5ccccc5c5cc(-c6ccc7oc8ccccc8c7c6)ccc54)cn3)n2)cc1. The van der Waals surface area contributed by atoms with Crippen molar-refractivity contribution >= 4 is 43.7 Å². The number of aromatic nitrogens is 5. The molecule has 0 fully saturated rings. The lowest BCUT2D eigenvalue weighted by Crippen LogP contribution is -2.02. The Morgan fingerprint density at radius 3 is 1.70 bits per heavy atom. The fourth-order valence-corrected chi connectivity index (χ4v) is 6.91. The molecule has 0 aliphatic heterocycles. The predicted molar refractivity (Wildman–Crippen MR) is 201 cm³/mol. The van der Waals surface area contributed by atoms with Gasteiger partial charge >= 0.3 is 0 Å². The first-order valence-electron chi connectivity index (χ1n) is 16.6. The topological polar surface area (TPSA) is 69.6 Å². The quantitative estimate of drug-likeness (QED) is 0.187. The van der Waals surface area contributed by atoms with Crippen LogP contribution in [-0.2, 0) is 0 Å². The third-order valence-electron chi connectivity index (χ3n) is 9.32. The van der Waals surface area contributed by atoms with Gasteiger partial charge in [0.2, 0.25) is 0 Å². The molecule has 0 aliphatic rings. The molecule has 6 aromatic carbocycles. The van der Waals surface area contributed by atoms with Crippen molar-refractivity contribution < 1.29 is 4.42 Å². The third-order valence-corrected chi connectivity index (χ3v) is 9.32. The van der Waals surface area contributed by atoms with Crippen LogP contribution in [0.3, 0.4) is 0 Å². The third kappa shape index (κ3) is 4.65. The summed E-state index contributed by atoms with van der Waals surface area (Å²) in [6.45, 7) is 0. The Morgan fingerprint density at radius 1 is 0.400 bits per heavy atom. The van der Waals surface area contributed by atoms with Gasteiger partial charge in [-0.3, -0.25) is 4.98 Å². The van der Waals surface area contributed by atoms with Crippen molar-refractivity contribution in [1.29, 1.82) is 0 Å². The molecule has 0 saturated carbocycles. The first kappa shape index (κ1) is 28.1. The lowest BCUT2D eigenvalue weighted by atomic mass is 10.0. The Labute approximate surface area is 287 Å². The van der Waals surface area contributed by atoms with Gasteiger partial charge in [-0.05, 0) is 59.7 Å². The molecule has 0 amide bonds. The summed E-state index contributed by atoms with van der Waals surface area (Å²) in [4.78, 5) is 19.5. The summed E-state index contributed by atoms with van der Waals surface area (Å²) in [7, 11) is 0. The fourth-order valence-electron chi connectivity index (χ4n) is 6.91. The summed E-state index contributed by atoms with van der Waals surface area (Å²) >= 11 is 0. The molecule has 0 saturated heterocycles. The summed E-state index contributed by atoms with van der Waals surface area (Å²) < 4.78 is 8.37. The summed E-state index contributed by atoms with van der Waals surface area (Å²) in [5.41, 5.74) is 9.81. The highest BCUT2D eigenvalue weighted by atomic mass is 16.3. The van der Waals surface area contributed by atoms with Gasteiger partial charge in [0.05, 0.1) is 22.9 Å². The summed E-state index contributed by atoms with van der Waals surface area (Å²) in [5.74, 6) is 1.75. The molecule has 0 spiro atoms. The van der Waals surface area contributed by atoms with Crippen LogP contribution in [0.15, 0.2) is 168 Å². The summed E-state index contributed by atoms with van der Waals surface area (Å²) in [5, 5.41) is 4.61. The van der Waals surface area contributed by atoms with Crippen LogP contribution in [0.1, 0.15) is 0 Å². The van der Waals surface area contributed by atoms with E-state index in [1.54, 1.807) is 0 Å². The Kier molecular flexibility index (Phi) is 6.39. The molecular formula is C44H27N5O. The highest BCUT2D eigenvalue weighted by Gasteiger charge is 2.17. The van der Waals surface area contributed by atoms with E-state index in [1.165, 1.54) is 10.8 Å². The summed E-state index contributed by atoms with van der Waals surface area (Å²) in [6, 6.07) is 53.9. The van der Waals surface area contributed by atoms with E-state index in [0.717, 1.165) is 60.9 Å². The Morgan fingerprint density at radius 2 is 0.980 bits per heavy atom. The number of hydrogen-bond donors (Lipinski definition) is 0. The standard InChI is InChI=1S/C44H27N5O/c1-3-11-28(12-4-1)42-46-43(29-13-5-2-6-14-29)48-44(47-42)37-22-21-32(27-45-37)49-38-17-9-7-15-33(38)35-25-30(19-23-39(35)49)31-20-24-41-36(26-31)34-16-8-10-18-40(34)50-41/h1-27H. The van der Waals surface area contributed by atoms with E-state index < -0.39 is 0 Å². The van der Waals surface area contributed by atoms with E-state index in [1.807, 2.05) is 85.1 Å². The molecule has 0 radical (unpaired) electrons. The second kappa shape index (κ2) is 11.4. The molecule has 4 heterocycles. The first-order valence-corrected chi connectivity index (χ1v) is 16.6. The lowest BCUT2D eigenvalue weighted by Gasteiger charge is -2.10. The molecule has 10 aromatic rings. The molecule has 4 aromatic heterocycles. The van der Waals surface area contributed by atoms with Gasteiger partial charge < -0.3 is 8.98 Å². The molecule has 0 aliphatic carbocycles. The fraction of sp³-hybridized carbons (Fsp3) is 0. The maximum absolute atomic E-state index is 6.09. The summed E-state index contributed by atoms with van der Waals surface area (Å²) in [6.07, 6.45) is 1.90. The van der Waals surface area contributed by atoms with Crippen molar-refractivity contribution in [3.8, 4) is 51.1 Å². The van der Waals surface area contributed by atoms with Crippen LogP contribution >= 0.6 is 0 Å². The predicted octanol–water partition coefficient (Wildman–Crippen LogP) is 10.9. The van der Waals surface area contributed by atoms with Crippen molar-refractivity contribution in [2.24, 2.45) is 0 Å². The number of furan rings is 1. The Hall–Kier alpha value is -6.92. The number of pyridine rings is 1. The zero-order valence-corrected chi connectivity index (χ0v) is 26.7. The van der Waals surface area contributed by atoms with Crippen LogP contribution in [0.25, 0.3) is 94.9 Å². The second-order valence-corrected chi connectivity index (χ2v) is 12.3. The Bertz CT molecular complexity index is 2800. The van der Waals surface area contributed by atoms with E-state index in [0.29, 0.717) is 23.2 Å². The van der Waals surface area contributed by atoms with Crippen LogP contribution in [-0.4, -0.2) is 24.5 Å². The van der Waals surface area contributed by atoms with Crippen molar-refractivity contribution in [3.63, 3.8) is 0 Å². The van der Waals surface area contributed by atoms with Gasteiger partial charge in [0.15, 0.2) is 17.5 Å². The Balaban J connectivity index is 1.07. The highest BCUT2D eigenvalue weighted by Crippen LogP contribution is 2.37. The van der Waals surface area contributed by atoms with Crippen LogP contribution in [0, 0.1) is 0 Å². The minimum atomic E-state index is 0.526. The molecule has 0 bridgehead atoms. The van der Waals surface area contributed by atoms with Crippen LogP contribution in [0.5, 0.6) is 0 Å². The van der Waals surface area contributed by atoms with Gasteiger partial charge in [0.25, 0.3) is 0 Å². The van der Waals surface area contributed by atoms with Crippen molar-refractivity contribution in [2.45, 2.75) is 0 Å². The number of para-hydroxylation sites is 2. The van der Waals surface area contributed by atoms with Gasteiger partial charge in [0.1, 0.15) is 16.9 Å². The van der Waals surface area contributed by atoms with Crippen LogP contribution in [0.2, 0.25) is 0 Å². The van der Waals surface area contributed by atoms with E-state index >= 15 is 0 Å². The molecule has 0 unspecified atom stereocenters. The molecule has 0 N–H and O–H groups in total. The van der Waals surface area contributed by atoms with Crippen LogP contribution < -0.4 is 0 Å². The average molecular weight is 642 g/mol. The van der Waals surface area contributed by atoms with Gasteiger partial charge in [-0.2, -0.15) is 0 Å². The number of rotatable bonds is 5. The van der Waals surface area contributed by atoms with Crippen molar-refractivity contribution in [1.82, 2.24) is 24.5 Å². The number of nitrogens with zero attached hydrogens (tertiary/aromatic N) is 5. The highest BCUT2D eigenvalue weighted by molar-refractivity contribution is 6.11. The first-order chi connectivity index (χ1) is 24.8. The molecule has 234 valence electrons. The van der Waals surface area contributed by atoms with Crippen molar-refractivity contribution in [3.05, 3.63) is 164 Å². The maximum Gasteiger partial charge on any atom is 0.182 e. The van der Waals surface area contributed by atoms with E-state index in [9.17, 15) is 0 Å². The normalized spacial score (nSPS) is 11.6. The van der Waals surface area contributed by atoms with E-state index in [-0.39, 0.29) is 0 Å². The number of benzene rings is 6. The van der Waals surface area contributed by atoms with Gasteiger partial charge in [0, 0.05) is 32.7 Å². The van der Waals surface area contributed by atoms with Crippen LogP contribution in [0.4, 0.5) is 0 Å². The van der Waals surface area contributed by atoms with Crippen molar-refractivity contribution in [2.75, 3.05) is 0 Å². The monoisotopic (exact) mass is 641 g/mol. The molecule has 50 heavy (non-hydrogen) atoms. The minimum Gasteiger partial charge on any atom is -0.456 e. The largest absolute Gasteiger partial charge is 0.456 e. The molecule has 6 heteroatoms. The zero-order valence-electron chi connectivity index (χ0n) is 26.7. The smallest absolute Gasteiger partial charge is 0.182 e. The maximum atomic E-state index is 6.09. The number of hydrogen-bond acceptors (Lipinski definition) is 5. The number of fused-ring (bicyclic) bond motifs is 6. The lowest BCUT2D eigenvalue weighted by molar-refractivity contribution is 0.669.